The van der Waals surface area contributed by atoms with E-state index in [9.17, 15) is 4.79 Å². The van der Waals surface area contributed by atoms with Crippen LogP contribution in [0.1, 0.15) is 20.3 Å². The lowest BCUT2D eigenvalue weighted by molar-refractivity contribution is -0.123. The zero-order valence-electron chi connectivity index (χ0n) is 10.2. The summed E-state index contributed by atoms with van der Waals surface area (Å²) in [6.07, 6.45) is 0.975. The topological polar surface area (TPSA) is 38.3 Å². The Morgan fingerprint density at radius 3 is 2.88 bits per heavy atom. The second-order valence-electron chi connectivity index (χ2n) is 4.28. The zero-order valence-corrected chi connectivity index (χ0v) is 11.0. The van der Waals surface area contributed by atoms with E-state index >= 15 is 0 Å². The van der Waals surface area contributed by atoms with Crippen molar-refractivity contribution in [3.05, 3.63) is 29.3 Å². The van der Waals surface area contributed by atoms with E-state index in [0.717, 1.165) is 6.42 Å². The molecule has 0 aromatic heterocycles. The summed E-state index contributed by atoms with van der Waals surface area (Å²) in [6, 6.07) is 7.00. The van der Waals surface area contributed by atoms with Gasteiger partial charge in [-0.25, -0.2) is 0 Å². The third kappa shape index (κ3) is 6.17. The van der Waals surface area contributed by atoms with Crippen molar-refractivity contribution in [2.45, 2.75) is 20.3 Å². The number of rotatable bonds is 6. The fourth-order valence-corrected chi connectivity index (χ4v) is 1.44. The molecule has 1 aromatic carbocycles. The van der Waals surface area contributed by atoms with Crippen molar-refractivity contribution in [1.82, 2.24) is 5.32 Å². The highest BCUT2D eigenvalue weighted by Crippen LogP contribution is 2.16. The Labute approximate surface area is 107 Å². The minimum atomic E-state index is -0.106. The number of ether oxygens (including phenoxy) is 1. The lowest BCUT2D eigenvalue weighted by Crippen LogP contribution is -2.30. The average Bonchev–Trinajstić information content (AvgIpc) is 2.26. The minimum Gasteiger partial charge on any atom is -0.484 e. The SMILES string of the molecule is CC(C)CCNC(=O)COc1cccc(Cl)c1. The maximum Gasteiger partial charge on any atom is 0.257 e. The molecule has 0 saturated carbocycles. The Morgan fingerprint density at radius 2 is 2.24 bits per heavy atom. The predicted molar refractivity (Wildman–Crippen MR) is 69.4 cm³/mol. The Balaban J connectivity index is 2.24. The first-order chi connectivity index (χ1) is 8.08. The van der Waals surface area contributed by atoms with Crippen molar-refractivity contribution in [3.63, 3.8) is 0 Å². The third-order valence-electron chi connectivity index (χ3n) is 2.21. The van der Waals surface area contributed by atoms with Crippen molar-refractivity contribution in [2.24, 2.45) is 5.92 Å². The monoisotopic (exact) mass is 255 g/mol. The van der Waals surface area contributed by atoms with Gasteiger partial charge in [0.2, 0.25) is 0 Å². The van der Waals surface area contributed by atoms with Gasteiger partial charge in [0.15, 0.2) is 6.61 Å². The van der Waals surface area contributed by atoms with E-state index < -0.39 is 0 Å². The van der Waals surface area contributed by atoms with Crippen LogP contribution in [0.2, 0.25) is 5.02 Å². The van der Waals surface area contributed by atoms with Crippen LogP contribution in [0.5, 0.6) is 5.75 Å². The van der Waals surface area contributed by atoms with E-state index in [2.05, 4.69) is 19.2 Å². The summed E-state index contributed by atoms with van der Waals surface area (Å²) in [6.45, 7) is 4.96. The second kappa shape index (κ2) is 7.17. The maximum atomic E-state index is 11.4. The first-order valence-electron chi connectivity index (χ1n) is 5.73. The van der Waals surface area contributed by atoms with Gasteiger partial charge in [-0.15, -0.1) is 0 Å². The van der Waals surface area contributed by atoms with Gasteiger partial charge in [0.1, 0.15) is 5.75 Å². The Morgan fingerprint density at radius 1 is 1.47 bits per heavy atom. The quantitative estimate of drug-likeness (QED) is 0.849. The van der Waals surface area contributed by atoms with Crippen molar-refractivity contribution in [3.8, 4) is 5.75 Å². The van der Waals surface area contributed by atoms with Crippen molar-refractivity contribution < 1.29 is 9.53 Å². The summed E-state index contributed by atoms with van der Waals surface area (Å²) >= 11 is 5.80. The number of carbonyl (C=O) groups excluding carboxylic acids is 1. The Hall–Kier alpha value is -1.22. The van der Waals surface area contributed by atoms with Crippen molar-refractivity contribution in [2.75, 3.05) is 13.2 Å². The molecule has 17 heavy (non-hydrogen) atoms. The molecule has 1 aromatic rings. The maximum absolute atomic E-state index is 11.4. The van der Waals surface area contributed by atoms with Gasteiger partial charge in [0.25, 0.3) is 5.91 Å². The summed E-state index contributed by atoms with van der Waals surface area (Å²) in [4.78, 5) is 11.4. The van der Waals surface area contributed by atoms with E-state index in [0.29, 0.717) is 23.2 Å². The van der Waals surface area contributed by atoms with Gasteiger partial charge in [0.05, 0.1) is 0 Å². The van der Waals surface area contributed by atoms with Gasteiger partial charge in [-0.05, 0) is 30.5 Å². The third-order valence-corrected chi connectivity index (χ3v) is 2.44. The summed E-state index contributed by atoms with van der Waals surface area (Å²) in [5.41, 5.74) is 0. The highest BCUT2D eigenvalue weighted by Gasteiger charge is 2.03. The number of hydrogen-bond donors (Lipinski definition) is 1. The molecule has 0 atom stereocenters. The van der Waals surface area contributed by atoms with E-state index in [-0.39, 0.29) is 12.5 Å². The summed E-state index contributed by atoms with van der Waals surface area (Å²) in [7, 11) is 0. The van der Waals surface area contributed by atoms with Gasteiger partial charge >= 0.3 is 0 Å². The standard InChI is InChI=1S/C13H18ClNO2/c1-10(2)6-7-15-13(16)9-17-12-5-3-4-11(14)8-12/h3-5,8,10H,6-7,9H2,1-2H3,(H,15,16). The van der Waals surface area contributed by atoms with E-state index in [1.54, 1.807) is 24.3 Å². The van der Waals surface area contributed by atoms with Crippen LogP contribution in [0.4, 0.5) is 0 Å². The van der Waals surface area contributed by atoms with Crippen LogP contribution in [0.25, 0.3) is 0 Å². The number of hydrogen-bond acceptors (Lipinski definition) is 2. The van der Waals surface area contributed by atoms with Gasteiger partial charge in [-0.3, -0.25) is 4.79 Å². The van der Waals surface area contributed by atoms with Crippen molar-refractivity contribution >= 4 is 17.5 Å². The molecule has 1 amide bonds. The molecular weight excluding hydrogens is 238 g/mol. The zero-order chi connectivity index (χ0) is 12.7. The molecule has 0 fully saturated rings. The van der Waals surface area contributed by atoms with Crippen molar-refractivity contribution in [1.29, 1.82) is 0 Å². The van der Waals surface area contributed by atoms with Gasteiger partial charge in [-0.2, -0.15) is 0 Å². The fourth-order valence-electron chi connectivity index (χ4n) is 1.26. The normalized spacial score (nSPS) is 10.4. The molecule has 0 aliphatic heterocycles. The van der Waals surface area contributed by atoms with E-state index in [1.165, 1.54) is 0 Å². The first-order valence-corrected chi connectivity index (χ1v) is 6.11. The number of benzene rings is 1. The van der Waals surface area contributed by atoms with Crippen LogP contribution in [0.3, 0.4) is 0 Å². The smallest absolute Gasteiger partial charge is 0.257 e. The lowest BCUT2D eigenvalue weighted by Gasteiger charge is -2.08. The molecule has 0 bridgehead atoms. The number of carbonyl (C=O) groups is 1. The van der Waals surface area contributed by atoms with Crippen LogP contribution in [0.15, 0.2) is 24.3 Å². The second-order valence-corrected chi connectivity index (χ2v) is 4.71. The molecule has 0 unspecified atom stereocenters. The largest absolute Gasteiger partial charge is 0.484 e. The molecule has 3 nitrogen and oxygen atoms in total. The molecule has 0 aliphatic carbocycles. The van der Waals surface area contributed by atoms with E-state index in [1.807, 2.05) is 0 Å². The molecule has 94 valence electrons. The van der Waals surface area contributed by atoms with Crippen LogP contribution >= 0.6 is 11.6 Å². The molecule has 1 N–H and O–H groups in total. The van der Waals surface area contributed by atoms with Crippen LogP contribution in [0, 0.1) is 5.92 Å². The van der Waals surface area contributed by atoms with Crippen LogP contribution in [-0.2, 0) is 4.79 Å². The highest BCUT2D eigenvalue weighted by atomic mass is 35.5. The summed E-state index contributed by atoms with van der Waals surface area (Å²) in [5, 5.41) is 3.40. The highest BCUT2D eigenvalue weighted by molar-refractivity contribution is 6.30. The molecule has 0 aliphatic rings. The first kappa shape index (κ1) is 13.8. The average molecular weight is 256 g/mol. The molecule has 4 heteroatoms. The molecular formula is C13H18ClNO2. The molecule has 0 saturated heterocycles. The van der Waals surface area contributed by atoms with Crippen LogP contribution < -0.4 is 10.1 Å². The fraction of sp³-hybridized carbons (Fsp3) is 0.462. The number of halogens is 1. The summed E-state index contributed by atoms with van der Waals surface area (Å²) in [5.74, 6) is 1.09. The van der Waals surface area contributed by atoms with E-state index in [4.69, 9.17) is 16.3 Å². The van der Waals surface area contributed by atoms with Gasteiger partial charge in [-0.1, -0.05) is 31.5 Å². The number of nitrogens with one attached hydrogen (secondary N) is 1. The summed E-state index contributed by atoms with van der Waals surface area (Å²) < 4.78 is 5.31. The lowest BCUT2D eigenvalue weighted by atomic mass is 10.1. The molecule has 1 rings (SSSR count). The Kier molecular flexibility index (Phi) is 5.84. The Bertz CT molecular complexity index is 366. The molecule has 0 heterocycles. The molecule has 0 spiro atoms. The minimum absolute atomic E-state index is 0.0262. The number of amides is 1. The van der Waals surface area contributed by atoms with Gasteiger partial charge < -0.3 is 10.1 Å². The predicted octanol–water partition coefficient (Wildman–Crippen LogP) is 2.88. The van der Waals surface area contributed by atoms with Gasteiger partial charge in [0, 0.05) is 11.6 Å². The molecule has 0 radical (unpaired) electrons. The van der Waals surface area contributed by atoms with Crippen LogP contribution in [-0.4, -0.2) is 19.1 Å².